The van der Waals surface area contributed by atoms with Crippen LogP contribution in [0.5, 0.6) is 5.75 Å². The molecule has 36 heavy (non-hydrogen) atoms. The SMILES string of the molecule is COc1ccc(CO)cc1C1=NCc2cnc(Nc3ccc(C(=O)O)cc3)nc2-c2ccc(Cl)cc21. The predicted molar refractivity (Wildman–Crippen MR) is 137 cm³/mol. The molecule has 8 nitrogen and oxygen atoms in total. The first-order chi connectivity index (χ1) is 17.5. The zero-order valence-electron chi connectivity index (χ0n) is 19.2. The lowest BCUT2D eigenvalue weighted by Crippen LogP contribution is -2.08. The van der Waals surface area contributed by atoms with E-state index in [0.29, 0.717) is 40.4 Å². The van der Waals surface area contributed by atoms with Crippen LogP contribution in [-0.4, -0.2) is 39.0 Å². The molecule has 0 aliphatic carbocycles. The lowest BCUT2D eigenvalue weighted by atomic mass is 9.94. The summed E-state index contributed by atoms with van der Waals surface area (Å²) in [6.07, 6.45) is 1.72. The molecule has 9 heteroatoms. The fourth-order valence-electron chi connectivity index (χ4n) is 4.08. The van der Waals surface area contributed by atoms with Crippen LogP contribution in [0.3, 0.4) is 0 Å². The van der Waals surface area contributed by atoms with Crippen molar-refractivity contribution in [3.05, 3.63) is 99.7 Å². The first-order valence-corrected chi connectivity index (χ1v) is 11.4. The van der Waals surface area contributed by atoms with Crippen LogP contribution in [-0.2, 0) is 13.2 Å². The monoisotopic (exact) mass is 500 g/mol. The van der Waals surface area contributed by atoms with Crippen LogP contribution in [0.1, 0.15) is 32.6 Å². The van der Waals surface area contributed by atoms with Gasteiger partial charge in [-0.1, -0.05) is 23.7 Å². The third kappa shape index (κ3) is 4.51. The van der Waals surface area contributed by atoms with Crippen LogP contribution in [0.4, 0.5) is 11.6 Å². The van der Waals surface area contributed by atoms with Gasteiger partial charge in [-0.2, -0.15) is 0 Å². The molecule has 0 saturated carbocycles. The summed E-state index contributed by atoms with van der Waals surface area (Å²) in [5.74, 6) is -0.00262. The van der Waals surface area contributed by atoms with E-state index in [2.05, 4.69) is 10.3 Å². The topological polar surface area (TPSA) is 117 Å². The van der Waals surface area contributed by atoms with E-state index in [-0.39, 0.29) is 12.2 Å². The molecule has 1 aliphatic heterocycles. The third-order valence-electron chi connectivity index (χ3n) is 5.85. The van der Waals surface area contributed by atoms with Gasteiger partial charge in [-0.3, -0.25) is 4.99 Å². The molecule has 0 amide bonds. The minimum atomic E-state index is -0.991. The van der Waals surface area contributed by atoms with Gasteiger partial charge in [0.1, 0.15) is 5.75 Å². The largest absolute Gasteiger partial charge is 0.496 e. The van der Waals surface area contributed by atoms with E-state index in [1.54, 1.807) is 37.6 Å². The van der Waals surface area contributed by atoms with Crippen molar-refractivity contribution >= 4 is 34.9 Å². The number of carboxylic acid groups (broad SMARTS) is 1. The van der Waals surface area contributed by atoms with E-state index in [9.17, 15) is 9.90 Å². The highest BCUT2D eigenvalue weighted by atomic mass is 35.5. The van der Waals surface area contributed by atoms with Crippen LogP contribution in [0.2, 0.25) is 5.02 Å². The number of hydrogen-bond acceptors (Lipinski definition) is 7. The zero-order valence-corrected chi connectivity index (χ0v) is 20.0. The van der Waals surface area contributed by atoms with Gasteiger partial charge in [-0.25, -0.2) is 14.8 Å². The highest BCUT2D eigenvalue weighted by molar-refractivity contribution is 6.31. The fraction of sp³-hybridized carbons (Fsp3) is 0.111. The Labute approximate surface area is 211 Å². The first kappa shape index (κ1) is 23.5. The van der Waals surface area contributed by atoms with Crippen LogP contribution in [0.15, 0.2) is 71.9 Å². The average Bonchev–Trinajstić information content (AvgIpc) is 3.05. The lowest BCUT2D eigenvalue weighted by molar-refractivity contribution is 0.0697. The quantitative estimate of drug-likeness (QED) is 0.337. The number of aromatic carboxylic acids is 1. The minimum Gasteiger partial charge on any atom is -0.496 e. The number of hydrogen-bond donors (Lipinski definition) is 3. The number of aliphatic imine (C=N–C) groups is 1. The zero-order chi connectivity index (χ0) is 25.2. The van der Waals surface area contributed by atoms with E-state index < -0.39 is 5.97 Å². The van der Waals surface area contributed by atoms with Gasteiger partial charge in [0.05, 0.1) is 37.2 Å². The molecular weight excluding hydrogens is 480 g/mol. The van der Waals surface area contributed by atoms with Crippen molar-refractivity contribution in [1.82, 2.24) is 9.97 Å². The molecule has 0 spiro atoms. The van der Waals surface area contributed by atoms with Gasteiger partial charge in [0.2, 0.25) is 5.95 Å². The number of fused-ring (bicyclic) bond motifs is 3. The molecule has 0 bridgehead atoms. The Morgan fingerprint density at radius 2 is 1.86 bits per heavy atom. The van der Waals surface area contributed by atoms with Crippen molar-refractivity contribution < 1.29 is 19.7 Å². The molecule has 2 heterocycles. The van der Waals surface area contributed by atoms with E-state index in [4.69, 9.17) is 31.4 Å². The van der Waals surface area contributed by atoms with Gasteiger partial charge in [0, 0.05) is 39.2 Å². The Balaban J connectivity index is 1.59. The molecule has 0 fully saturated rings. The maximum atomic E-state index is 11.1. The number of halogens is 1. The summed E-state index contributed by atoms with van der Waals surface area (Å²) in [6, 6.07) is 17.4. The summed E-state index contributed by atoms with van der Waals surface area (Å²) in [4.78, 5) is 25.2. The van der Waals surface area contributed by atoms with Crippen LogP contribution in [0, 0.1) is 0 Å². The molecule has 1 aliphatic rings. The molecule has 0 unspecified atom stereocenters. The summed E-state index contributed by atoms with van der Waals surface area (Å²) in [5.41, 5.74) is 6.15. The molecule has 4 aromatic rings. The third-order valence-corrected chi connectivity index (χ3v) is 6.09. The summed E-state index contributed by atoms with van der Waals surface area (Å²) < 4.78 is 5.60. The predicted octanol–water partition coefficient (Wildman–Crippen LogP) is 5.09. The number of rotatable bonds is 6. The number of benzene rings is 3. The normalized spacial score (nSPS) is 12.1. The molecule has 5 rings (SSSR count). The average molecular weight is 501 g/mol. The van der Waals surface area contributed by atoms with E-state index >= 15 is 0 Å². The highest BCUT2D eigenvalue weighted by Crippen LogP contribution is 2.35. The van der Waals surface area contributed by atoms with Gasteiger partial charge in [0.15, 0.2) is 0 Å². The van der Waals surface area contributed by atoms with E-state index in [1.165, 1.54) is 12.1 Å². The summed E-state index contributed by atoms with van der Waals surface area (Å²) in [6.45, 7) is 0.220. The van der Waals surface area contributed by atoms with E-state index in [0.717, 1.165) is 27.8 Å². The van der Waals surface area contributed by atoms with Gasteiger partial charge >= 0.3 is 5.97 Å². The molecule has 1 aromatic heterocycles. The first-order valence-electron chi connectivity index (χ1n) is 11.1. The van der Waals surface area contributed by atoms with Crippen molar-refractivity contribution in [2.45, 2.75) is 13.2 Å². The fourth-order valence-corrected chi connectivity index (χ4v) is 4.25. The second-order valence-corrected chi connectivity index (χ2v) is 8.56. The maximum Gasteiger partial charge on any atom is 0.335 e. The van der Waals surface area contributed by atoms with Crippen molar-refractivity contribution in [3.63, 3.8) is 0 Å². The van der Waals surface area contributed by atoms with Gasteiger partial charge in [-0.05, 0) is 54.1 Å². The molecule has 0 radical (unpaired) electrons. The number of aliphatic hydroxyl groups excluding tert-OH is 1. The van der Waals surface area contributed by atoms with Crippen molar-refractivity contribution in [1.29, 1.82) is 0 Å². The molecular formula is C27H21ClN4O4. The number of carbonyl (C=O) groups is 1. The van der Waals surface area contributed by atoms with Crippen LogP contribution >= 0.6 is 11.6 Å². The summed E-state index contributed by atoms with van der Waals surface area (Å²) >= 11 is 6.40. The van der Waals surface area contributed by atoms with Gasteiger partial charge in [-0.15, -0.1) is 0 Å². The molecule has 3 aromatic carbocycles. The Kier molecular flexibility index (Phi) is 6.37. The molecule has 3 N–H and O–H groups in total. The van der Waals surface area contributed by atoms with Crippen LogP contribution < -0.4 is 10.1 Å². The van der Waals surface area contributed by atoms with Crippen molar-refractivity contribution in [2.75, 3.05) is 12.4 Å². The van der Waals surface area contributed by atoms with Crippen LogP contribution in [0.25, 0.3) is 11.3 Å². The summed E-state index contributed by atoms with van der Waals surface area (Å²) in [7, 11) is 1.59. The smallest absolute Gasteiger partial charge is 0.335 e. The Morgan fingerprint density at radius 1 is 1.06 bits per heavy atom. The number of methoxy groups -OCH3 is 1. The number of ether oxygens (including phenoxy) is 1. The maximum absolute atomic E-state index is 11.1. The van der Waals surface area contributed by atoms with E-state index in [1.807, 2.05) is 24.3 Å². The molecule has 180 valence electrons. The Bertz CT molecular complexity index is 1500. The highest BCUT2D eigenvalue weighted by Gasteiger charge is 2.23. The van der Waals surface area contributed by atoms with Crippen molar-refractivity contribution in [2.24, 2.45) is 4.99 Å². The van der Waals surface area contributed by atoms with Gasteiger partial charge in [0.25, 0.3) is 0 Å². The lowest BCUT2D eigenvalue weighted by Gasteiger charge is -2.15. The summed E-state index contributed by atoms with van der Waals surface area (Å²) in [5, 5.41) is 22.5. The molecule has 0 atom stereocenters. The molecule has 0 saturated heterocycles. The minimum absolute atomic E-state index is 0.110. The number of carboxylic acids is 1. The second kappa shape index (κ2) is 9.77. The number of aliphatic hydroxyl groups is 1. The second-order valence-electron chi connectivity index (χ2n) is 8.12. The Hall–Kier alpha value is -4.27. The number of anilines is 2. The number of nitrogens with one attached hydrogen (secondary N) is 1. The standard InChI is InChI=1S/C27H21ClN4O4/c1-36-23-9-2-15(14-33)10-22(23)25-21-11-18(28)5-8-20(21)24-17(12-29-25)13-30-27(32-24)31-19-6-3-16(4-7-19)26(34)35/h2-11,13,33H,12,14H2,1H3,(H,34,35)(H,30,31,32). The number of nitrogens with zero attached hydrogens (tertiary/aromatic N) is 3. The van der Waals surface area contributed by atoms with Gasteiger partial charge < -0.3 is 20.3 Å². The van der Waals surface area contributed by atoms with Crippen molar-refractivity contribution in [3.8, 4) is 17.0 Å². The Morgan fingerprint density at radius 3 is 2.58 bits per heavy atom. The number of aromatic nitrogens is 2.